The molecule has 8 heteroatoms. The molecule has 8 nitrogen and oxygen atoms in total. The van der Waals surface area contributed by atoms with Gasteiger partial charge in [-0.15, -0.1) is 10.2 Å². The first-order chi connectivity index (χ1) is 13.0. The van der Waals surface area contributed by atoms with Gasteiger partial charge in [0.15, 0.2) is 5.82 Å². The van der Waals surface area contributed by atoms with E-state index in [1.54, 1.807) is 4.68 Å². The summed E-state index contributed by atoms with van der Waals surface area (Å²) in [6.07, 6.45) is 0. The molecule has 140 valence electrons. The summed E-state index contributed by atoms with van der Waals surface area (Å²) in [5.74, 6) is 1.31. The molecular formula is C19H23N7O. The number of nitrogens with one attached hydrogen (secondary N) is 3. The normalized spacial score (nSPS) is 10.5. The van der Waals surface area contributed by atoms with E-state index in [0.29, 0.717) is 24.7 Å². The SMILES string of the molecule is Cc1ccc(NC(=O)NCCNc2ccc(-n3nc(C)cc3C)nn2)cc1. The molecule has 2 aromatic heterocycles. The van der Waals surface area contributed by atoms with E-state index in [1.807, 2.05) is 63.2 Å². The third-order valence-corrected chi connectivity index (χ3v) is 3.90. The van der Waals surface area contributed by atoms with Crippen LogP contribution in [0.5, 0.6) is 0 Å². The van der Waals surface area contributed by atoms with Gasteiger partial charge in [-0.2, -0.15) is 5.10 Å². The zero-order valence-electron chi connectivity index (χ0n) is 15.7. The minimum Gasteiger partial charge on any atom is -0.367 e. The molecule has 0 spiro atoms. The van der Waals surface area contributed by atoms with Gasteiger partial charge < -0.3 is 16.0 Å². The summed E-state index contributed by atoms with van der Waals surface area (Å²) in [7, 11) is 0. The number of anilines is 2. The number of carbonyl (C=O) groups excluding carboxylic acids is 1. The molecule has 0 aliphatic heterocycles. The van der Waals surface area contributed by atoms with Gasteiger partial charge in [-0.1, -0.05) is 17.7 Å². The summed E-state index contributed by atoms with van der Waals surface area (Å²) in [4.78, 5) is 11.9. The molecule has 0 fully saturated rings. The highest BCUT2D eigenvalue weighted by Gasteiger charge is 2.06. The Morgan fingerprint density at radius 3 is 2.41 bits per heavy atom. The van der Waals surface area contributed by atoms with E-state index >= 15 is 0 Å². The number of urea groups is 1. The maximum atomic E-state index is 11.9. The first-order valence-electron chi connectivity index (χ1n) is 8.74. The Hall–Kier alpha value is -3.42. The first kappa shape index (κ1) is 18.4. The molecule has 3 N–H and O–H groups in total. The summed E-state index contributed by atoms with van der Waals surface area (Å²) >= 11 is 0. The molecule has 0 aliphatic rings. The van der Waals surface area contributed by atoms with Crippen LogP contribution in [0.2, 0.25) is 0 Å². The highest BCUT2D eigenvalue weighted by molar-refractivity contribution is 5.89. The predicted octanol–water partition coefficient (Wildman–Crippen LogP) is 2.82. The molecule has 0 unspecified atom stereocenters. The molecule has 0 saturated carbocycles. The number of amides is 2. The molecule has 1 aromatic carbocycles. The monoisotopic (exact) mass is 365 g/mol. The van der Waals surface area contributed by atoms with Crippen LogP contribution in [0, 0.1) is 20.8 Å². The van der Waals surface area contributed by atoms with Crippen LogP contribution in [0.15, 0.2) is 42.5 Å². The third kappa shape index (κ3) is 5.04. The number of carbonyl (C=O) groups is 1. The Bertz CT molecular complexity index is 901. The van der Waals surface area contributed by atoms with Crippen LogP contribution in [0.1, 0.15) is 17.0 Å². The van der Waals surface area contributed by atoms with Crippen molar-refractivity contribution >= 4 is 17.5 Å². The van der Waals surface area contributed by atoms with Gasteiger partial charge in [0.1, 0.15) is 5.82 Å². The summed E-state index contributed by atoms with van der Waals surface area (Å²) in [6, 6.07) is 13.1. The van der Waals surface area contributed by atoms with E-state index in [4.69, 9.17) is 0 Å². The second kappa shape index (κ2) is 8.31. The fourth-order valence-corrected chi connectivity index (χ4v) is 2.57. The van der Waals surface area contributed by atoms with Gasteiger partial charge >= 0.3 is 6.03 Å². The van der Waals surface area contributed by atoms with E-state index in [-0.39, 0.29) is 6.03 Å². The van der Waals surface area contributed by atoms with Gasteiger partial charge in [-0.05, 0) is 51.1 Å². The Morgan fingerprint density at radius 1 is 1.00 bits per heavy atom. The summed E-state index contributed by atoms with van der Waals surface area (Å²) in [5.41, 5.74) is 3.85. The molecule has 3 rings (SSSR count). The highest BCUT2D eigenvalue weighted by Crippen LogP contribution is 2.10. The molecule has 0 bridgehead atoms. The predicted molar refractivity (Wildman–Crippen MR) is 105 cm³/mol. The number of hydrogen-bond donors (Lipinski definition) is 3. The van der Waals surface area contributed by atoms with Crippen LogP contribution in [-0.4, -0.2) is 39.1 Å². The molecule has 2 heterocycles. The molecule has 0 radical (unpaired) electrons. The van der Waals surface area contributed by atoms with Crippen molar-refractivity contribution in [3.8, 4) is 5.82 Å². The summed E-state index contributed by atoms with van der Waals surface area (Å²) in [5, 5.41) is 21.4. The van der Waals surface area contributed by atoms with Crippen molar-refractivity contribution in [2.45, 2.75) is 20.8 Å². The zero-order valence-corrected chi connectivity index (χ0v) is 15.7. The van der Waals surface area contributed by atoms with Crippen molar-refractivity contribution in [3.05, 3.63) is 59.4 Å². The minimum absolute atomic E-state index is 0.244. The standard InChI is InChI=1S/C19H23N7O/c1-13-4-6-16(7-5-13)22-19(27)21-11-10-20-17-8-9-18(24-23-17)26-15(3)12-14(2)25-26/h4-9,12H,10-11H2,1-3H3,(H,20,23)(H2,21,22,27). The van der Waals surface area contributed by atoms with Crippen molar-refractivity contribution < 1.29 is 4.79 Å². The van der Waals surface area contributed by atoms with Crippen LogP contribution in [0.4, 0.5) is 16.3 Å². The van der Waals surface area contributed by atoms with E-state index in [0.717, 1.165) is 22.6 Å². The third-order valence-electron chi connectivity index (χ3n) is 3.90. The Balaban J connectivity index is 1.43. The number of rotatable bonds is 6. The zero-order chi connectivity index (χ0) is 19.2. The van der Waals surface area contributed by atoms with Crippen LogP contribution in [-0.2, 0) is 0 Å². The average Bonchev–Trinajstić information content (AvgIpc) is 2.99. The molecule has 27 heavy (non-hydrogen) atoms. The van der Waals surface area contributed by atoms with Gasteiger partial charge in [-0.25, -0.2) is 9.48 Å². The van der Waals surface area contributed by atoms with Gasteiger partial charge in [0.2, 0.25) is 0 Å². The van der Waals surface area contributed by atoms with Gasteiger partial charge in [0.05, 0.1) is 5.69 Å². The minimum atomic E-state index is -0.244. The van der Waals surface area contributed by atoms with Gasteiger partial charge in [0.25, 0.3) is 0 Å². The number of aryl methyl sites for hydroxylation is 3. The second-order valence-electron chi connectivity index (χ2n) is 6.29. The smallest absolute Gasteiger partial charge is 0.319 e. The largest absolute Gasteiger partial charge is 0.367 e. The molecule has 0 saturated heterocycles. The molecule has 3 aromatic rings. The van der Waals surface area contributed by atoms with E-state index < -0.39 is 0 Å². The Morgan fingerprint density at radius 2 is 1.78 bits per heavy atom. The van der Waals surface area contributed by atoms with Gasteiger partial charge in [0, 0.05) is 24.5 Å². The quantitative estimate of drug-likeness (QED) is 0.584. The van der Waals surface area contributed by atoms with Crippen molar-refractivity contribution in [2.24, 2.45) is 0 Å². The summed E-state index contributed by atoms with van der Waals surface area (Å²) < 4.78 is 1.75. The maximum absolute atomic E-state index is 11.9. The van der Waals surface area contributed by atoms with E-state index in [1.165, 1.54) is 0 Å². The highest BCUT2D eigenvalue weighted by atomic mass is 16.2. The van der Waals surface area contributed by atoms with Crippen LogP contribution >= 0.6 is 0 Å². The summed E-state index contributed by atoms with van der Waals surface area (Å²) in [6.45, 7) is 6.91. The molecule has 0 atom stereocenters. The topological polar surface area (TPSA) is 96.8 Å². The lowest BCUT2D eigenvalue weighted by Gasteiger charge is -2.09. The van der Waals surface area contributed by atoms with Gasteiger partial charge in [-0.3, -0.25) is 0 Å². The molecular weight excluding hydrogens is 342 g/mol. The first-order valence-corrected chi connectivity index (χ1v) is 8.74. The lowest BCUT2D eigenvalue weighted by molar-refractivity contribution is 0.252. The molecule has 2 amide bonds. The number of nitrogens with zero attached hydrogens (tertiary/aromatic N) is 4. The van der Waals surface area contributed by atoms with Crippen LogP contribution in [0.25, 0.3) is 5.82 Å². The second-order valence-corrected chi connectivity index (χ2v) is 6.29. The lowest BCUT2D eigenvalue weighted by Crippen LogP contribution is -2.32. The average molecular weight is 365 g/mol. The van der Waals surface area contributed by atoms with Crippen LogP contribution in [0.3, 0.4) is 0 Å². The number of hydrogen-bond acceptors (Lipinski definition) is 5. The van der Waals surface area contributed by atoms with E-state index in [9.17, 15) is 4.79 Å². The number of benzene rings is 1. The maximum Gasteiger partial charge on any atom is 0.319 e. The van der Waals surface area contributed by atoms with E-state index in [2.05, 4.69) is 31.2 Å². The Labute approximate surface area is 158 Å². The molecule has 0 aliphatic carbocycles. The number of aromatic nitrogens is 4. The van der Waals surface area contributed by atoms with Crippen molar-refractivity contribution in [1.82, 2.24) is 25.3 Å². The van der Waals surface area contributed by atoms with Crippen LogP contribution < -0.4 is 16.0 Å². The van der Waals surface area contributed by atoms with Crippen molar-refractivity contribution in [1.29, 1.82) is 0 Å². The fraction of sp³-hybridized carbons (Fsp3) is 0.263. The Kier molecular flexibility index (Phi) is 5.65. The lowest BCUT2D eigenvalue weighted by atomic mass is 10.2. The van der Waals surface area contributed by atoms with Crippen molar-refractivity contribution in [3.63, 3.8) is 0 Å². The fourth-order valence-electron chi connectivity index (χ4n) is 2.57. The van der Waals surface area contributed by atoms with Crippen molar-refractivity contribution in [2.75, 3.05) is 23.7 Å².